The van der Waals surface area contributed by atoms with Crippen molar-refractivity contribution in [2.45, 2.75) is 72.6 Å². The molecule has 3 atom stereocenters. The number of dihydropyridines is 1. The molecule has 11 nitrogen and oxygen atoms in total. The maximum absolute atomic E-state index is 13.6. The molecular weight excluding hydrogens is 569 g/mol. The van der Waals surface area contributed by atoms with E-state index in [9.17, 15) is 19.6 Å². The minimum Gasteiger partial charge on any atom is -0.429 e. The minimum atomic E-state index is -3.55. The molecule has 1 aliphatic carbocycles. The topological polar surface area (TPSA) is 138 Å². The van der Waals surface area contributed by atoms with Gasteiger partial charge in [0.2, 0.25) is 5.88 Å². The molecule has 5 rings (SSSR count). The molecule has 1 aromatic carbocycles. The lowest BCUT2D eigenvalue weighted by molar-refractivity contribution is -0.315. The van der Waals surface area contributed by atoms with Crippen LogP contribution in [0.1, 0.15) is 61.1 Å². The number of para-hydroxylation sites is 1. The summed E-state index contributed by atoms with van der Waals surface area (Å²) in [5, 5.41) is 32.1. The molecule has 2 fully saturated rings. The third-order valence-corrected chi connectivity index (χ3v) is 10.6. The zero-order chi connectivity index (χ0) is 31.6. The molecule has 0 spiro atoms. The van der Waals surface area contributed by atoms with E-state index in [2.05, 4.69) is 41.2 Å². The van der Waals surface area contributed by atoms with Crippen molar-refractivity contribution < 1.29 is 28.8 Å². The number of carbonyl (C=O) groups is 1. The van der Waals surface area contributed by atoms with Crippen LogP contribution in [0.25, 0.3) is 0 Å². The molecule has 2 unspecified atom stereocenters. The maximum atomic E-state index is 13.6. The third kappa shape index (κ3) is 5.95. The van der Waals surface area contributed by atoms with Gasteiger partial charge in [0.15, 0.2) is 0 Å². The molecule has 3 heterocycles. The lowest BCUT2D eigenvalue weighted by Gasteiger charge is -2.39. The predicted molar refractivity (Wildman–Crippen MR) is 163 cm³/mol. The van der Waals surface area contributed by atoms with Gasteiger partial charge in [-0.2, -0.15) is 0 Å². The van der Waals surface area contributed by atoms with Crippen molar-refractivity contribution in [1.29, 1.82) is 0 Å². The van der Waals surface area contributed by atoms with Crippen LogP contribution in [0.4, 0.5) is 0 Å². The van der Waals surface area contributed by atoms with E-state index in [-0.39, 0.29) is 22.2 Å². The van der Waals surface area contributed by atoms with Crippen LogP contribution in [0.3, 0.4) is 0 Å². The van der Waals surface area contributed by atoms with Gasteiger partial charge in [0.25, 0.3) is 5.91 Å². The molecule has 1 saturated carbocycles. The second-order valence-corrected chi connectivity index (χ2v) is 16.0. The number of nitrogens with zero attached hydrogens (tertiary/aromatic N) is 3. The Morgan fingerprint density at radius 3 is 2.35 bits per heavy atom. The molecule has 0 radical (unpaired) electrons. The highest BCUT2D eigenvalue weighted by Crippen LogP contribution is 2.71. The molecule has 4 N–H and O–H groups in total. The largest absolute Gasteiger partial charge is 0.429 e. The van der Waals surface area contributed by atoms with Gasteiger partial charge in [-0.3, -0.25) is 14.4 Å². The van der Waals surface area contributed by atoms with E-state index in [1.807, 2.05) is 33.8 Å². The highest BCUT2D eigenvalue weighted by atomic mass is 31.2. The van der Waals surface area contributed by atoms with Gasteiger partial charge in [0, 0.05) is 31.0 Å². The standard InChI is InChI=1S/C31H44N5O6P/c1-20-18-28(2,3)35(19-20)25-22(26(37)34-43(8,40)42-21-12-10-9-11-13-21)14-15-23(32-25)36-17-16-24(33-36)41-31(38,39)27-29(4,5)30(27,6)7/h9-17,20,23,27,32,38-39H,18-19H2,1-8H3,(H,34,37,40)/t20-,23?,43?/m0/s1. The molecular formula is C31H44N5O6P. The van der Waals surface area contributed by atoms with Crippen LogP contribution >= 0.6 is 7.52 Å². The predicted octanol–water partition coefficient (Wildman–Crippen LogP) is 4.59. The Morgan fingerprint density at radius 1 is 1.12 bits per heavy atom. The molecule has 234 valence electrons. The van der Waals surface area contributed by atoms with Gasteiger partial charge in [-0.1, -0.05) is 52.8 Å². The average Bonchev–Trinajstić information content (AvgIpc) is 3.21. The molecule has 1 aromatic heterocycles. The number of amides is 1. The Kier molecular flexibility index (Phi) is 7.55. The summed E-state index contributed by atoms with van der Waals surface area (Å²) < 4.78 is 26.1. The molecule has 0 bridgehead atoms. The second-order valence-electron chi connectivity index (χ2n) is 13.9. The van der Waals surface area contributed by atoms with E-state index in [0.717, 1.165) is 13.0 Å². The molecule has 12 heteroatoms. The van der Waals surface area contributed by atoms with Crippen LogP contribution in [-0.2, 0) is 9.36 Å². The molecule has 1 saturated heterocycles. The highest BCUT2D eigenvalue weighted by Gasteiger charge is 2.74. The maximum Gasteiger partial charge on any atom is 0.340 e. The zero-order valence-corrected chi connectivity index (χ0v) is 27.1. The summed E-state index contributed by atoms with van der Waals surface area (Å²) in [6.07, 6.45) is 5.54. The van der Waals surface area contributed by atoms with E-state index < -0.39 is 31.5 Å². The van der Waals surface area contributed by atoms with Crippen molar-refractivity contribution in [3.63, 3.8) is 0 Å². The normalized spacial score (nSPS) is 25.6. The number of nitrogens with one attached hydrogen (secondary N) is 2. The number of aliphatic hydroxyl groups is 2. The number of likely N-dealkylation sites (tertiary alicyclic amines) is 1. The van der Waals surface area contributed by atoms with E-state index in [1.165, 1.54) is 6.66 Å². The van der Waals surface area contributed by atoms with E-state index in [0.29, 0.717) is 23.1 Å². The Hall–Kier alpha value is -3.27. The Morgan fingerprint density at radius 2 is 1.77 bits per heavy atom. The monoisotopic (exact) mass is 613 g/mol. The Bertz CT molecular complexity index is 1480. The van der Waals surface area contributed by atoms with Crippen LogP contribution in [0.2, 0.25) is 0 Å². The minimum absolute atomic E-state index is 0.0628. The van der Waals surface area contributed by atoms with E-state index in [4.69, 9.17) is 9.26 Å². The quantitative estimate of drug-likeness (QED) is 0.236. The van der Waals surface area contributed by atoms with Crippen molar-refractivity contribution in [2.24, 2.45) is 22.7 Å². The first-order chi connectivity index (χ1) is 19.8. The van der Waals surface area contributed by atoms with Gasteiger partial charge in [0.1, 0.15) is 17.7 Å². The van der Waals surface area contributed by atoms with Crippen LogP contribution in [-0.4, -0.2) is 55.5 Å². The van der Waals surface area contributed by atoms with Gasteiger partial charge >= 0.3 is 13.5 Å². The van der Waals surface area contributed by atoms with Crippen LogP contribution < -0.4 is 19.7 Å². The first kappa shape index (κ1) is 31.2. The van der Waals surface area contributed by atoms with Gasteiger partial charge in [-0.05, 0) is 61.3 Å². The number of rotatable bonds is 9. The number of aromatic nitrogens is 2. The SMILES string of the molecule is C[C@@H]1CN(C2=C(C(=O)NP(C)(=O)Oc3ccccc3)C=CC(n3ccc(OC(O)(O)C4C(C)(C)C4(C)C)n3)N2)C(C)(C)C1. The fourth-order valence-corrected chi connectivity index (χ4v) is 7.96. The second kappa shape index (κ2) is 10.4. The lowest BCUT2D eigenvalue weighted by Crippen LogP contribution is -2.46. The van der Waals surface area contributed by atoms with Crippen molar-refractivity contribution in [3.05, 3.63) is 66.1 Å². The number of ether oxygens (including phenoxy) is 1. The van der Waals surface area contributed by atoms with Crippen molar-refractivity contribution in [3.8, 4) is 11.6 Å². The van der Waals surface area contributed by atoms with Gasteiger partial charge < -0.3 is 29.7 Å². The zero-order valence-electron chi connectivity index (χ0n) is 26.2. The van der Waals surface area contributed by atoms with Crippen molar-refractivity contribution >= 4 is 13.4 Å². The fourth-order valence-electron chi connectivity index (χ4n) is 6.90. The van der Waals surface area contributed by atoms with Crippen LogP contribution in [0.15, 0.2) is 66.1 Å². The third-order valence-electron chi connectivity index (χ3n) is 9.42. The molecule has 2 aromatic rings. The highest BCUT2D eigenvalue weighted by molar-refractivity contribution is 7.57. The average molecular weight is 614 g/mol. The Labute approximate surface area is 253 Å². The smallest absolute Gasteiger partial charge is 0.340 e. The first-order valence-corrected chi connectivity index (χ1v) is 16.7. The summed E-state index contributed by atoms with van der Waals surface area (Å²) in [6, 6.07) is 10.3. The summed E-state index contributed by atoms with van der Waals surface area (Å²) in [6.45, 7) is 16.4. The first-order valence-electron chi connectivity index (χ1n) is 14.6. The van der Waals surface area contributed by atoms with Crippen LogP contribution in [0, 0.1) is 22.7 Å². The summed E-state index contributed by atoms with van der Waals surface area (Å²) in [5.74, 6) is -1.98. The number of carbonyl (C=O) groups excluding carboxylic acids is 1. The molecule has 1 amide bonds. The van der Waals surface area contributed by atoms with Gasteiger partial charge in [0.05, 0.1) is 11.5 Å². The molecule has 43 heavy (non-hydrogen) atoms. The van der Waals surface area contributed by atoms with Gasteiger partial charge in [-0.25, -0.2) is 4.68 Å². The van der Waals surface area contributed by atoms with Crippen LogP contribution in [0.5, 0.6) is 11.6 Å². The van der Waals surface area contributed by atoms with Gasteiger partial charge in [-0.15, -0.1) is 5.10 Å². The Balaban J connectivity index is 1.38. The fraction of sp³-hybridized carbons (Fsp3) is 0.548. The summed E-state index contributed by atoms with van der Waals surface area (Å²) in [4.78, 5) is 15.8. The summed E-state index contributed by atoms with van der Waals surface area (Å²) >= 11 is 0. The van der Waals surface area contributed by atoms with E-state index >= 15 is 0 Å². The lowest BCUT2D eigenvalue weighted by atomic mass is 9.97. The number of hydrogen-bond acceptors (Lipinski definition) is 9. The van der Waals surface area contributed by atoms with Crippen molar-refractivity contribution in [1.82, 2.24) is 25.1 Å². The van der Waals surface area contributed by atoms with E-state index in [1.54, 1.807) is 53.4 Å². The molecule has 3 aliphatic rings. The number of benzene rings is 1. The summed E-state index contributed by atoms with van der Waals surface area (Å²) in [5.41, 5.74) is -0.576. The van der Waals surface area contributed by atoms with Crippen molar-refractivity contribution in [2.75, 3.05) is 13.2 Å². The molecule has 2 aliphatic heterocycles. The number of hydrogen-bond donors (Lipinski definition) is 4. The summed E-state index contributed by atoms with van der Waals surface area (Å²) in [7, 11) is -3.55.